The van der Waals surface area contributed by atoms with Crippen LogP contribution in [0.1, 0.15) is 17.5 Å². The minimum atomic E-state index is -4.27. The second-order valence-corrected chi connectivity index (χ2v) is 10.4. The summed E-state index contributed by atoms with van der Waals surface area (Å²) in [6.07, 6.45) is 1.59. The molecule has 0 aliphatic heterocycles. The maximum atomic E-state index is 12.8. The van der Waals surface area contributed by atoms with Crippen molar-refractivity contribution in [3.8, 4) is 17.6 Å². The van der Waals surface area contributed by atoms with Crippen LogP contribution in [0.4, 0.5) is 5.69 Å². The number of fused-ring (bicyclic) bond motifs is 1. The molecule has 3 aromatic carbocycles. The highest BCUT2D eigenvalue weighted by Gasteiger charge is 2.22. The van der Waals surface area contributed by atoms with E-state index in [1.54, 1.807) is 6.08 Å². The maximum Gasteiger partial charge on any atom is 0.339 e. The van der Waals surface area contributed by atoms with Crippen LogP contribution in [0.25, 0.3) is 21.9 Å². The molecule has 4 rings (SSSR count). The number of nitriles is 1. The van der Waals surface area contributed by atoms with Gasteiger partial charge in [-0.15, -0.1) is 11.3 Å². The van der Waals surface area contributed by atoms with Crippen LogP contribution in [-0.4, -0.2) is 26.4 Å². The molecule has 0 fully saturated rings. The van der Waals surface area contributed by atoms with Crippen LogP contribution in [0.5, 0.6) is 11.5 Å². The number of hydrogen-bond acceptors (Lipinski definition) is 8. The molecule has 1 aromatic heterocycles. The van der Waals surface area contributed by atoms with Crippen LogP contribution in [0, 0.1) is 11.3 Å². The lowest BCUT2D eigenvalue weighted by molar-refractivity contribution is -0.114. The summed E-state index contributed by atoms with van der Waals surface area (Å²) in [6.45, 7) is 1.35. The SMILES string of the molecule is COc1cc(/C=C(\C#N)c2nc3ccccc3s2)cc(Cl)c1OS(=O)(=O)c1ccc(NC(C)=O)cc1. The van der Waals surface area contributed by atoms with E-state index >= 15 is 0 Å². The van der Waals surface area contributed by atoms with E-state index in [0.717, 1.165) is 10.2 Å². The number of nitrogens with one attached hydrogen (secondary N) is 1. The number of ether oxygens (including phenoxy) is 1. The highest BCUT2D eigenvalue weighted by Crippen LogP contribution is 2.39. The van der Waals surface area contributed by atoms with Gasteiger partial charge in [-0.3, -0.25) is 4.79 Å². The summed E-state index contributed by atoms with van der Waals surface area (Å²) in [5.74, 6) is -0.412. The second kappa shape index (κ2) is 10.4. The molecule has 8 nitrogen and oxygen atoms in total. The van der Waals surface area contributed by atoms with Crippen molar-refractivity contribution < 1.29 is 22.1 Å². The highest BCUT2D eigenvalue weighted by molar-refractivity contribution is 7.87. The first-order valence-corrected chi connectivity index (χ1v) is 13.0. The van der Waals surface area contributed by atoms with Crippen molar-refractivity contribution in [3.63, 3.8) is 0 Å². The molecular weight excluding hydrogens is 522 g/mol. The lowest BCUT2D eigenvalue weighted by atomic mass is 10.1. The van der Waals surface area contributed by atoms with Gasteiger partial charge < -0.3 is 14.2 Å². The molecule has 36 heavy (non-hydrogen) atoms. The molecule has 1 amide bonds. The predicted octanol–water partition coefficient (Wildman–Crippen LogP) is 5.75. The largest absolute Gasteiger partial charge is 0.493 e. The van der Waals surface area contributed by atoms with Crippen molar-refractivity contribution in [2.24, 2.45) is 0 Å². The number of aromatic nitrogens is 1. The van der Waals surface area contributed by atoms with E-state index < -0.39 is 10.1 Å². The van der Waals surface area contributed by atoms with Crippen molar-refractivity contribution in [3.05, 3.63) is 76.3 Å². The van der Waals surface area contributed by atoms with Crippen molar-refractivity contribution in [2.45, 2.75) is 11.8 Å². The number of carbonyl (C=O) groups is 1. The van der Waals surface area contributed by atoms with Crippen molar-refractivity contribution >= 4 is 66.5 Å². The van der Waals surface area contributed by atoms with Crippen molar-refractivity contribution in [1.82, 2.24) is 4.98 Å². The van der Waals surface area contributed by atoms with Gasteiger partial charge in [-0.05, 0) is 60.2 Å². The number of benzene rings is 3. The number of carbonyl (C=O) groups excluding carboxylic acids is 1. The van der Waals surface area contributed by atoms with Crippen molar-refractivity contribution in [1.29, 1.82) is 5.26 Å². The van der Waals surface area contributed by atoms with Gasteiger partial charge in [0.2, 0.25) is 11.7 Å². The first kappa shape index (κ1) is 25.2. The molecule has 0 aliphatic rings. The number of thiazole rings is 1. The summed E-state index contributed by atoms with van der Waals surface area (Å²) in [5.41, 5.74) is 2.04. The third-order valence-corrected chi connectivity index (χ3v) is 7.45. The van der Waals surface area contributed by atoms with E-state index in [1.807, 2.05) is 24.3 Å². The summed E-state index contributed by atoms with van der Waals surface area (Å²) in [5, 5.41) is 12.8. The van der Waals surface area contributed by atoms with E-state index in [2.05, 4.69) is 16.4 Å². The first-order valence-electron chi connectivity index (χ1n) is 10.4. The molecule has 0 aliphatic carbocycles. The van der Waals surface area contributed by atoms with E-state index in [1.165, 1.54) is 61.8 Å². The van der Waals surface area contributed by atoms with Crippen molar-refractivity contribution in [2.75, 3.05) is 12.4 Å². The average Bonchev–Trinajstić information content (AvgIpc) is 3.28. The molecule has 0 bridgehead atoms. The normalized spacial score (nSPS) is 11.7. The number of rotatable bonds is 7. The molecule has 182 valence electrons. The molecule has 0 saturated heterocycles. The summed E-state index contributed by atoms with van der Waals surface area (Å²) >= 11 is 7.77. The molecular formula is C25H18ClN3O5S2. The van der Waals surface area contributed by atoms with E-state index in [-0.39, 0.29) is 27.3 Å². The Morgan fingerprint density at radius 3 is 2.53 bits per heavy atom. The van der Waals surface area contributed by atoms with Crippen LogP contribution >= 0.6 is 22.9 Å². The summed E-state index contributed by atoms with van der Waals surface area (Å²) in [6, 6.07) is 18.2. The van der Waals surface area contributed by atoms with Crippen LogP contribution in [0.15, 0.2) is 65.6 Å². The third-order valence-electron chi connectivity index (χ3n) is 4.86. The van der Waals surface area contributed by atoms with E-state index in [9.17, 15) is 18.5 Å². The lowest BCUT2D eigenvalue weighted by Gasteiger charge is -2.13. The topological polar surface area (TPSA) is 118 Å². The van der Waals surface area contributed by atoms with Gasteiger partial charge in [-0.2, -0.15) is 13.7 Å². The quantitative estimate of drug-likeness (QED) is 0.234. The van der Waals surface area contributed by atoms with Crippen LogP contribution in [-0.2, 0) is 14.9 Å². The van der Waals surface area contributed by atoms with Gasteiger partial charge in [0, 0.05) is 12.6 Å². The zero-order chi connectivity index (χ0) is 25.9. The number of nitrogens with zero attached hydrogens (tertiary/aromatic N) is 2. The fourth-order valence-corrected chi connectivity index (χ4v) is 5.46. The minimum absolute atomic E-state index is 0.0272. The number of methoxy groups -OCH3 is 1. The Hall–Kier alpha value is -3.91. The molecule has 1 heterocycles. The van der Waals surface area contributed by atoms with Gasteiger partial charge in [0.15, 0.2) is 5.75 Å². The molecule has 4 aromatic rings. The van der Waals surface area contributed by atoms with Crippen LogP contribution < -0.4 is 14.2 Å². The Morgan fingerprint density at radius 2 is 1.89 bits per heavy atom. The van der Waals surface area contributed by atoms with Gasteiger partial charge in [-0.25, -0.2) is 4.98 Å². The van der Waals surface area contributed by atoms with Gasteiger partial charge in [0.25, 0.3) is 0 Å². The monoisotopic (exact) mass is 539 g/mol. The number of amides is 1. The Labute approximate surface area is 216 Å². The Balaban J connectivity index is 1.65. The Kier molecular flexibility index (Phi) is 7.26. The molecule has 0 unspecified atom stereocenters. The minimum Gasteiger partial charge on any atom is -0.493 e. The number of hydrogen-bond donors (Lipinski definition) is 1. The number of halogens is 1. The molecule has 0 atom stereocenters. The molecule has 11 heteroatoms. The van der Waals surface area contributed by atoms with Gasteiger partial charge >= 0.3 is 10.1 Å². The fraction of sp³-hybridized carbons (Fsp3) is 0.0800. The van der Waals surface area contributed by atoms with Crippen LogP contribution in [0.2, 0.25) is 5.02 Å². The number of allylic oxidation sites excluding steroid dienone is 1. The van der Waals surface area contributed by atoms with Gasteiger partial charge in [-0.1, -0.05) is 23.7 Å². The standard InChI is InChI=1S/C25H18ClN3O5S2/c1-15(30)28-18-7-9-19(10-8-18)36(31,32)34-24-20(26)12-16(13-22(24)33-2)11-17(14-27)25-29-21-5-3-4-6-23(21)35-25/h3-13H,1-2H3,(H,28,30)/b17-11+. The zero-order valence-electron chi connectivity index (χ0n) is 19.0. The zero-order valence-corrected chi connectivity index (χ0v) is 21.4. The van der Waals surface area contributed by atoms with E-state index in [4.69, 9.17) is 20.5 Å². The lowest BCUT2D eigenvalue weighted by Crippen LogP contribution is -2.11. The maximum absolute atomic E-state index is 12.8. The average molecular weight is 540 g/mol. The molecule has 1 N–H and O–H groups in total. The predicted molar refractivity (Wildman–Crippen MR) is 140 cm³/mol. The fourth-order valence-electron chi connectivity index (χ4n) is 3.27. The first-order chi connectivity index (χ1) is 17.2. The summed E-state index contributed by atoms with van der Waals surface area (Å²) in [7, 11) is -2.92. The number of anilines is 1. The molecule has 0 radical (unpaired) electrons. The summed E-state index contributed by atoms with van der Waals surface area (Å²) in [4.78, 5) is 15.5. The van der Waals surface area contributed by atoms with Crippen LogP contribution in [0.3, 0.4) is 0 Å². The number of para-hydroxylation sites is 1. The van der Waals surface area contributed by atoms with E-state index in [0.29, 0.717) is 21.8 Å². The summed E-state index contributed by atoms with van der Waals surface area (Å²) < 4.78 is 37.3. The van der Waals surface area contributed by atoms with Gasteiger partial charge in [0.05, 0.1) is 27.9 Å². The Morgan fingerprint density at radius 1 is 1.17 bits per heavy atom. The smallest absolute Gasteiger partial charge is 0.339 e. The highest BCUT2D eigenvalue weighted by atomic mass is 35.5. The molecule has 0 spiro atoms. The Bertz CT molecular complexity index is 1610. The third kappa shape index (κ3) is 5.49. The second-order valence-electron chi connectivity index (χ2n) is 7.43. The molecule has 0 saturated carbocycles. The van der Waals surface area contributed by atoms with Gasteiger partial charge in [0.1, 0.15) is 16.0 Å².